The summed E-state index contributed by atoms with van der Waals surface area (Å²) in [5.41, 5.74) is 1.80. The topological polar surface area (TPSA) is 75.2 Å². The maximum atomic E-state index is 12.1. The number of benzene rings is 2. The van der Waals surface area contributed by atoms with Crippen LogP contribution in [0.25, 0.3) is 0 Å². The molecule has 2 N–H and O–H groups in total. The van der Waals surface area contributed by atoms with Crippen LogP contribution in [0.1, 0.15) is 29.8 Å². The largest absolute Gasteiger partial charge is 0.493 e. The van der Waals surface area contributed by atoms with E-state index in [1.54, 1.807) is 26.1 Å². The number of carbonyl (C=O) groups is 1. The third-order valence-electron chi connectivity index (χ3n) is 4.53. The number of carbonyl (C=O) groups excluding carboxylic acids is 1. The Morgan fingerprint density at radius 1 is 1.09 bits per heavy atom. The molecule has 0 heterocycles. The van der Waals surface area contributed by atoms with Crippen molar-refractivity contribution in [3.05, 3.63) is 59.7 Å². The van der Waals surface area contributed by atoms with E-state index in [1.165, 1.54) is 0 Å². The summed E-state index contributed by atoms with van der Waals surface area (Å²) in [6.45, 7) is 5.98. The molecule has 0 spiro atoms. The monoisotopic (exact) mass is 554 g/mol. The normalized spacial score (nSPS) is 11.7. The smallest absolute Gasteiger partial charge is 0.253 e. The summed E-state index contributed by atoms with van der Waals surface area (Å²) < 4.78 is 11.3. The van der Waals surface area contributed by atoms with Gasteiger partial charge in [-0.2, -0.15) is 0 Å². The van der Waals surface area contributed by atoms with Crippen LogP contribution < -0.4 is 20.1 Å². The Balaban J connectivity index is 0.00000512. The Morgan fingerprint density at radius 2 is 1.81 bits per heavy atom. The van der Waals surface area contributed by atoms with E-state index in [1.807, 2.05) is 62.4 Å². The van der Waals surface area contributed by atoms with Gasteiger partial charge in [0.15, 0.2) is 17.5 Å². The summed E-state index contributed by atoms with van der Waals surface area (Å²) >= 11 is 0. The average Bonchev–Trinajstić information content (AvgIpc) is 2.77. The van der Waals surface area contributed by atoms with E-state index in [9.17, 15) is 4.79 Å². The van der Waals surface area contributed by atoms with E-state index < -0.39 is 0 Å². The number of rotatable bonds is 10. The standard InChI is InChI=1S/C24H34N4O3.HI/c1-6-25-24(27-17-18(2)31-22-13-8-7-12-21(22)30-5)26-15-14-19-10-9-11-20(16-19)23(29)28(3)4;/h7-13,16,18H,6,14-15,17H2,1-5H3,(H2,25,26,27);1H. The number of hydrogen-bond donors (Lipinski definition) is 2. The van der Waals surface area contributed by atoms with Gasteiger partial charge in [-0.05, 0) is 50.1 Å². The number of amides is 1. The summed E-state index contributed by atoms with van der Waals surface area (Å²) in [5, 5.41) is 6.60. The molecule has 176 valence electrons. The van der Waals surface area contributed by atoms with E-state index in [-0.39, 0.29) is 36.0 Å². The van der Waals surface area contributed by atoms with Crippen molar-refractivity contribution in [3.8, 4) is 11.5 Å². The quantitative estimate of drug-likeness (QED) is 0.267. The minimum absolute atomic E-state index is 0. The summed E-state index contributed by atoms with van der Waals surface area (Å²) in [7, 11) is 5.15. The van der Waals surface area contributed by atoms with Gasteiger partial charge in [-0.1, -0.05) is 24.3 Å². The Morgan fingerprint density at radius 3 is 2.47 bits per heavy atom. The number of halogens is 1. The molecule has 8 heteroatoms. The maximum absolute atomic E-state index is 12.1. The fourth-order valence-corrected chi connectivity index (χ4v) is 2.98. The zero-order valence-electron chi connectivity index (χ0n) is 19.6. The van der Waals surface area contributed by atoms with Gasteiger partial charge in [-0.25, -0.2) is 4.99 Å². The number of methoxy groups -OCH3 is 1. The van der Waals surface area contributed by atoms with Gasteiger partial charge in [0, 0.05) is 32.7 Å². The molecule has 0 saturated heterocycles. The third-order valence-corrected chi connectivity index (χ3v) is 4.53. The molecule has 2 aromatic rings. The molecular formula is C24H35IN4O3. The Bertz CT molecular complexity index is 874. The number of aliphatic imine (C=N–C) groups is 1. The molecule has 32 heavy (non-hydrogen) atoms. The Labute approximate surface area is 208 Å². The van der Waals surface area contributed by atoms with Gasteiger partial charge in [0.2, 0.25) is 0 Å². The van der Waals surface area contributed by atoms with Gasteiger partial charge >= 0.3 is 0 Å². The lowest BCUT2D eigenvalue weighted by Gasteiger charge is -2.17. The molecule has 2 aromatic carbocycles. The molecule has 0 radical (unpaired) electrons. The van der Waals surface area contributed by atoms with Crippen molar-refractivity contribution in [3.63, 3.8) is 0 Å². The molecule has 0 aliphatic heterocycles. The fourth-order valence-electron chi connectivity index (χ4n) is 2.98. The molecule has 0 aromatic heterocycles. The summed E-state index contributed by atoms with van der Waals surface area (Å²) in [4.78, 5) is 18.4. The second-order valence-electron chi connectivity index (χ2n) is 7.38. The summed E-state index contributed by atoms with van der Waals surface area (Å²) in [6, 6.07) is 15.3. The van der Waals surface area contributed by atoms with Crippen LogP contribution in [0, 0.1) is 0 Å². The number of ether oxygens (including phenoxy) is 2. The molecule has 1 unspecified atom stereocenters. The minimum Gasteiger partial charge on any atom is -0.493 e. The molecule has 0 aliphatic rings. The Hall–Kier alpha value is -2.49. The lowest BCUT2D eigenvalue weighted by Crippen LogP contribution is -2.39. The van der Waals surface area contributed by atoms with Crippen LogP contribution in [0.3, 0.4) is 0 Å². The van der Waals surface area contributed by atoms with Gasteiger partial charge in [-0.3, -0.25) is 4.79 Å². The highest BCUT2D eigenvalue weighted by Crippen LogP contribution is 2.26. The number of para-hydroxylation sites is 2. The number of hydrogen-bond acceptors (Lipinski definition) is 4. The van der Waals surface area contributed by atoms with Crippen LogP contribution in [0.15, 0.2) is 53.5 Å². The fraction of sp³-hybridized carbons (Fsp3) is 0.417. The molecular weight excluding hydrogens is 519 g/mol. The lowest BCUT2D eigenvalue weighted by atomic mass is 10.1. The van der Waals surface area contributed by atoms with Crippen LogP contribution in [0.5, 0.6) is 11.5 Å². The average molecular weight is 554 g/mol. The third kappa shape index (κ3) is 8.94. The molecule has 0 fully saturated rings. The van der Waals surface area contributed by atoms with E-state index in [0.29, 0.717) is 30.2 Å². The first kappa shape index (κ1) is 27.5. The molecule has 1 atom stereocenters. The van der Waals surface area contributed by atoms with Crippen molar-refractivity contribution in [1.29, 1.82) is 0 Å². The zero-order chi connectivity index (χ0) is 22.6. The predicted octanol–water partition coefficient (Wildman–Crippen LogP) is 3.58. The summed E-state index contributed by atoms with van der Waals surface area (Å²) in [5.74, 6) is 2.16. The van der Waals surface area contributed by atoms with Gasteiger partial charge in [-0.15, -0.1) is 24.0 Å². The van der Waals surface area contributed by atoms with Gasteiger partial charge in [0.25, 0.3) is 5.91 Å². The highest BCUT2D eigenvalue weighted by Gasteiger charge is 2.10. The lowest BCUT2D eigenvalue weighted by molar-refractivity contribution is 0.0827. The molecule has 0 bridgehead atoms. The van der Waals surface area contributed by atoms with Gasteiger partial charge in [0.05, 0.1) is 13.7 Å². The first-order valence-corrected chi connectivity index (χ1v) is 10.6. The number of guanidine groups is 1. The molecule has 7 nitrogen and oxygen atoms in total. The van der Waals surface area contributed by atoms with E-state index >= 15 is 0 Å². The number of nitrogens with zero attached hydrogens (tertiary/aromatic N) is 2. The molecule has 1 amide bonds. The van der Waals surface area contributed by atoms with Gasteiger partial charge < -0.3 is 25.0 Å². The van der Waals surface area contributed by atoms with Crippen LogP contribution in [0.2, 0.25) is 0 Å². The maximum Gasteiger partial charge on any atom is 0.253 e. The minimum atomic E-state index is -0.111. The zero-order valence-corrected chi connectivity index (χ0v) is 21.9. The van der Waals surface area contributed by atoms with Crippen LogP contribution in [-0.2, 0) is 6.42 Å². The van der Waals surface area contributed by atoms with E-state index in [0.717, 1.165) is 24.5 Å². The van der Waals surface area contributed by atoms with Crippen LogP contribution >= 0.6 is 24.0 Å². The van der Waals surface area contributed by atoms with Crippen molar-refractivity contribution in [2.75, 3.05) is 40.8 Å². The highest BCUT2D eigenvalue weighted by atomic mass is 127. The van der Waals surface area contributed by atoms with E-state index in [2.05, 4.69) is 15.6 Å². The molecule has 0 aliphatic carbocycles. The summed E-state index contributed by atoms with van der Waals surface area (Å²) in [6.07, 6.45) is 0.673. The van der Waals surface area contributed by atoms with Crippen molar-refractivity contribution in [2.45, 2.75) is 26.4 Å². The SMILES string of the molecule is CCNC(=NCC(C)Oc1ccccc1OC)NCCc1cccc(C(=O)N(C)C)c1.I. The predicted molar refractivity (Wildman–Crippen MR) is 141 cm³/mol. The van der Waals surface area contributed by atoms with Crippen molar-refractivity contribution >= 4 is 35.8 Å². The molecule has 0 saturated carbocycles. The van der Waals surface area contributed by atoms with Crippen molar-refractivity contribution in [2.24, 2.45) is 4.99 Å². The van der Waals surface area contributed by atoms with Crippen molar-refractivity contribution < 1.29 is 14.3 Å². The second kappa shape index (κ2) is 14.5. The van der Waals surface area contributed by atoms with Crippen LogP contribution in [0.4, 0.5) is 0 Å². The first-order valence-electron chi connectivity index (χ1n) is 10.6. The number of nitrogens with one attached hydrogen (secondary N) is 2. The highest BCUT2D eigenvalue weighted by molar-refractivity contribution is 14.0. The van der Waals surface area contributed by atoms with E-state index in [4.69, 9.17) is 9.47 Å². The van der Waals surface area contributed by atoms with Crippen LogP contribution in [-0.4, -0.2) is 63.7 Å². The van der Waals surface area contributed by atoms with Gasteiger partial charge in [0.1, 0.15) is 6.10 Å². The molecule has 2 rings (SSSR count). The van der Waals surface area contributed by atoms with Crippen molar-refractivity contribution in [1.82, 2.24) is 15.5 Å². The Kier molecular flexibility index (Phi) is 12.5. The first-order chi connectivity index (χ1) is 14.9. The second-order valence-corrected chi connectivity index (χ2v) is 7.38.